The molecule has 1 aliphatic heterocycles. The van der Waals surface area contributed by atoms with Crippen LogP contribution in [-0.2, 0) is 12.1 Å². The second kappa shape index (κ2) is 6.18. The number of aromatic amines is 1. The molecule has 7 nitrogen and oxygen atoms in total. The molecule has 3 heterocycles. The van der Waals surface area contributed by atoms with Crippen LogP contribution in [0.25, 0.3) is 5.69 Å². The van der Waals surface area contributed by atoms with Gasteiger partial charge in [0.15, 0.2) is 0 Å². The van der Waals surface area contributed by atoms with Crippen LogP contribution < -0.4 is 0 Å². The van der Waals surface area contributed by atoms with Gasteiger partial charge in [-0.25, -0.2) is 4.98 Å². The Bertz CT molecular complexity index is 785. The van der Waals surface area contributed by atoms with Crippen molar-refractivity contribution in [2.75, 3.05) is 13.1 Å². The van der Waals surface area contributed by atoms with E-state index in [0.717, 1.165) is 24.5 Å². The van der Waals surface area contributed by atoms with Gasteiger partial charge >= 0.3 is 0 Å². The second-order valence-electron chi connectivity index (χ2n) is 6.25. The number of hydrogen-bond donors (Lipinski definition) is 2. The molecule has 2 aromatic heterocycles. The molecule has 0 unspecified atom stereocenters. The third-order valence-electron chi connectivity index (χ3n) is 4.56. The van der Waals surface area contributed by atoms with Crippen LogP contribution >= 0.6 is 0 Å². The maximum atomic E-state index is 10.9. The lowest BCUT2D eigenvalue weighted by Gasteiger charge is -2.37. The third-order valence-corrected chi connectivity index (χ3v) is 4.56. The van der Waals surface area contributed by atoms with Crippen LogP contribution in [0, 0.1) is 0 Å². The highest BCUT2D eigenvalue weighted by molar-refractivity contribution is 5.32. The lowest BCUT2D eigenvalue weighted by Crippen LogP contribution is -2.46. The summed E-state index contributed by atoms with van der Waals surface area (Å²) in [6.07, 6.45) is 7.00. The fourth-order valence-electron chi connectivity index (χ4n) is 3.37. The summed E-state index contributed by atoms with van der Waals surface area (Å²) in [5.41, 5.74) is 0.752. The maximum absolute atomic E-state index is 10.9. The number of nitrogens with zero attached hydrogens (tertiary/aromatic N) is 5. The molecule has 0 spiro atoms. The second-order valence-corrected chi connectivity index (χ2v) is 6.25. The van der Waals surface area contributed by atoms with E-state index < -0.39 is 5.60 Å². The van der Waals surface area contributed by atoms with Crippen LogP contribution in [0.5, 0.6) is 0 Å². The highest BCUT2D eigenvalue weighted by Gasteiger charge is 2.37. The van der Waals surface area contributed by atoms with E-state index >= 15 is 0 Å². The Morgan fingerprint density at radius 3 is 2.92 bits per heavy atom. The van der Waals surface area contributed by atoms with Crippen LogP contribution in [0.15, 0.2) is 48.9 Å². The van der Waals surface area contributed by atoms with Crippen LogP contribution in [-0.4, -0.2) is 48.1 Å². The van der Waals surface area contributed by atoms with Gasteiger partial charge in [0.2, 0.25) is 0 Å². The molecular weight excluding hydrogens is 304 g/mol. The summed E-state index contributed by atoms with van der Waals surface area (Å²) in [4.78, 5) is 6.72. The summed E-state index contributed by atoms with van der Waals surface area (Å²) in [5.74, 6) is 0.964. The topological polar surface area (TPSA) is 82.9 Å². The summed E-state index contributed by atoms with van der Waals surface area (Å²) < 4.78 is 2.09. The number of piperidine rings is 1. The van der Waals surface area contributed by atoms with Crippen molar-refractivity contribution in [3.05, 3.63) is 60.4 Å². The Balaban J connectivity index is 1.53. The van der Waals surface area contributed by atoms with Gasteiger partial charge < -0.3 is 9.67 Å². The molecule has 4 rings (SSSR count). The molecule has 0 radical (unpaired) electrons. The molecule has 1 fully saturated rings. The van der Waals surface area contributed by atoms with E-state index in [9.17, 15) is 5.11 Å². The SMILES string of the molecule is O[C@@]1(c2cn[nH]n2)CCCN(Cc2nccn2-c2ccccc2)C1. The molecule has 1 atom stereocenters. The molecule has 0 amide bonds. The van der Waals surface area contributed by atoms with Crippen molar-refractivity contribution in [3.8, 4) is 5.69 Å². The molecule has 124 valence electrons. The van der Waals surface area contributed by atoms with E-state index in [-0.39, 0.29) is 0 Å². The summed E-state index contributed by atoms with van der Waals surface area (Å²) in [5, 5.41) is 21.4. The standard InChI is InChI=1S/C17H20N6O/c24-17(15-11-19-21-20-15)7-4-9-22(13-17)12-16-18-8-10-23(16)14-5-2-1-3-6-14/h1-3,5-6,8,10-11,24H,4,7,9,12-13H2,(H,19,20,21)/t17-/m0/s1. The van der Waals surface area contributed by atoms with Crippen molar-refractivity contribution < 1.29 is 5.11 Å². The minimum Gasteiger partial charge on any atom is -0.382 e. The zero-order chi connectivity index (χ0) is 16.4. The average molecular weight is 324 g/mol. The smallest absolute Gasteiger partial charge is 0.127 e. The highest BCUT2D eigenvalue weighted by atomic mass is 16.3. The number of aromatic nitrogens is 5. The maximum Gasteiger partial charge on any atom is 0.127 e. The number of hydrogen-bond acceptors (Lipinski definition) is 5. The van der Waals surface area contributed by atoms with Crippen LogP contribution in [0.3, 0.4) is 0 Å². The van der Waals surface area contributed by atoms with E-state index in [1.165, 1.54) is 0 Å². The fourth-order valence-corrected chi connectivity index (χ4v) is 3.37. The van der Waals surface area contributed by atoms with E-state index in [0.29, 0.717) is 25.2 Å². The third kappa shape index (κ3) is 2.83. The Morgan fingerprint density at radius 2 is 2.12 bits per heavy atom. The molecule has 7 heteroatoms. The number of aliphatic hydroxyl groups is 1. The predicted molar refractivity (Wildman–Crippen MR) is 88.4 cm³/mol. The first kappa shape index (κ1) is 15.0. The Labute approximate surface area is 140 Å². The molecular formula is C17H20N6O. The summed E-state index contributed by atoms with van der Waals surface area (Å²) in [6, 6.07) is 10.2. The first-order chi connectivity index (χ1) is 11.7. The number of benzene rings is 1. The Hall–Kier alpha value is -2.51. The summed E-state index contributed by atoms with van der Waals surface area (Å²) >= 11 is 0. The van der Waals surface area contributed by atoms with Gasteiger partial charge in [0.05, 0.1) is 12.7 Å². The molecule has 1 saturated heterocycles. The number of nitrogens with one attached hydrogen (secondary N) is 1. The van der Waals surface area contributed by atoms with Gasteiger partial charge in [0, 0.05) is 24.6 Å². The first-order valence-electron chi connectivity index (χ1n) is 8.13. The molecule has 2 N–H and O–H groups in total. The molecule has 1 aliphatic rings. The molecule has 24 heavy (non-hydrogen) atoms. The Morgan fingerprint density at radius 1 is 1.25 bits per heavy atom. The van der Waals surface area contributed by atoms with E-state index in [2.05, 4.69) is 42.0 Å². The average Bonchev–Trinajstić information content (AvgIpc) is 3.28. The number of para-hydroxylation sites is 1. The lowest BCUT2D eigenvalue weighted by molar-refractivity contribution is -0.0421. The molecule has 3 aromatic rings. The zero-order valence-corrected chi connectivity index (χ0v) is 13.3. The number of rotatable bonds is 4. The van der Waals surface area contributed by atoms with Crippen molar-refractivity contribution >= 4 is 0 Å². The number of likely N-dealkylation sites (tertiary alicyclic amines) is 1. The fraction of sp³-hybridized carbons (Fsp3) is 0.353. The number of H-pyrrole nitrogens is 1. The van der Waals surface area contributed by atoms with Gasteiger partial charge in [0.25, 0.3) is 0 Å². The normalized spacial score (nSPS) is 21.9. The molecule has 0 bridgehead atoms. The first-order valence-corrected chi connectivity index (χ1v) is 8.13. The summed E-state index contributed by atoms with van der Waals surface area (Å²) in [6.45, 7) is 2.14. The van der Waals surface area contributed by atoms with Crippen molar-refractivity contribution in [2.45, 2.75) is 25.0 Å². The van der Waals surface area contributed by atoms with Crippen LogP contribution in [0.4, 0.5) is 0 Å². The largest absolute Gasteiger partial charge is 0.382 e. The molecule has 0 saturated carbocycles. The van der Waals surface area contributed by atoms with Gasteiger partial charge in [-0.1, -0.05) is 18.2 Å². The van der Waals surface area contributed by atoms with Gasteiger partial charge in [-0.2, -0.15) is 15.4 Å². The van der Waals surface area contributed by atoms with Crippen molar-refractivity contribution in [3.63, 3.8) is 0 Å². The van der Waals surface area contributed by atoms with Crippen molar-refractivity contribution in [1.82, 2.24) is 29.9 Å². The van der Waals surface area contributed by atoms with Crippen LogP contribution in [0.1, 0.15) is 24.4 Å². The van der Waals surface area contributed by atoms with Gasteiger partial charge in [-0.15, -0.1) is 0 Å². The highest BCUT2D eigenvalue weighted by Crippen LogP contribution is 2.30. The van der Waals surface area contributed by atoms with Crippen LogP contribution in [0.2, 0.25) is 0 Å². The van der Waals surface area contributed by atoms with Gasteiger partial charge in [-0.05, 0) is 31.5 Å². The monoisotopic (exact) mass is 324 g/mol. The minimum atomic E-state index is -0.949. The van der Waals surface area contributed by atoms with E-state index in [1.807, 2.05) is 30.6 Å². The zero-order valence-electron chi connectivity index (χ0n) is 13.3. The lowest BCUT2D eigenvalue weighted by atomic mass is 9.90. The van der Waals surface area contributed by atoms with Gasteiger partial charge in [0.1, 0.15) is 17.1 Å². The van der Waals surface area contributed by atoms with Crippen molar-refractivity contribution in [1.29, 1.82) is 0 Å². The molecule has 1 aromatic carbocycles. The van der Waals surface area contributed by atoms with Gasteiger partial charge in [-0.3, -0.25) is 4.90 Å². The molecule has 0 aliphatic carbocycles. The van der Waals surface area contributed by atoms with E-state index in [4.69, 9.17) is 0 Å². The summed E-state index contributed by atoms with van der Waals surface area (Å²) in [7, 11) is 0. The van der Waals surface area contributed by atoms with E-state index in [1.54, 1.807) is 6.20 Å². The number of imidazole rings is 1. The minimum absolute atomic E-state index is 0.529. The predicted octanol–water partition coefficient (Wildman–Crippen LogP) is 1.47. The Kier molecular flexibility index (Phi) is 3.87. The number of β-amino-alcohol motifs (C(OH)–C–C–N with tert-alkyl or cyclic N) is 1. The quantitative estimate of drug-likeness (QED) is 0.759. The van der Waals surface area contributed by atoms with Crippen molar-refractivity contribution in [2.24, 2.45) is 0 Å².